The van der Waals surface area contributed by atoms with Crippen molar-refractivity contribution in [3.63, 3.8) is 0 Å². The number of aliphatic hydroxyl groups is 1. The summed E-state index contributed by atoms with van der Waals surface area (Å²) in [5.74, 6) is 1.26. The normalized spacial score (nSPS) is 15.3. The Morgan fingerprint density at radius 3 is 2.86 bits per heavy atom. The van der Waals surface area contributed by atoms with Crippen LogP contribution >= 0.6 is 11.6 Å². The highest BCUT2D eigenvalue weighted by Gasteiger charge is 2.34. The van der Waals surface area contributed by atoms with E-state index in [1.54, 1.807) is 41.3 Å². The quantitative estimate of drug-likeness (QED) is 0.376. The molecule has 0 saturated carbocycles. The van der Waals surface area contributed by atoms with E-state index in [1.165, 1.54) is 0 Å². The number of pyridine rings is 2. The van der Waals surface area contributed by atoms with Gasteiger partial charge in [0.1, 0.15) is 17.3 Å². The summed E-state index contributed by atoms with van der Waals surface area (Å²) in [6, 6.07) is 8.93. The average Bonchev–Trinajstić information content (AvgIpc) is 3.49. The molecule has 0 bridgehead atoms. The Labute approximate surface area is 213 Å². The van der Waals surface area contributed by atoms with Crippen molar-refractivity contribution in [3.05, 3.63) is 77.1 Å². The fourth-order valence-electron chi connectivity index (χ4n) is 4.44. The van der Waals surface area contributed by atoms with E-state index in [4.69, 9.17) is 16.3 Å². The molecule has 0 aliphatic carbocycles. The first-order chi connectivity index (χ1) is 17.5. The van der Waals surface area contributed by atoms with Crippen LogP contribution in [0, 0.1) is 0 Å². The molecule has 186 valence electrons. The summed E-state index contributed by atoms with van der Waals surface area (Å²) in [5, 5.41) is 17.6. The van der Waals surface area contributed by atoms with Gasteiger partial charge in [0.25, 0.3) is 5.91 Å². The summed E-state index contributed by atoms with van der Waals surface area (Å²) >= 11 is 6.53. The topological polar surface area (TPSA) is 110 Å². The zero-order valence-electron chi connectivity index (χ0n) is 19.9. The van der Waals surface area contributed by atoms with Crippen LogP contribution in [-0.2, 0) is 31.5 Å². The first kappa shape index (κ1) is 24.0. The van der Waals surface area contributed by atoms with E-state index >= 15 is 0 Å². The molecule has 1 unspecified atom stereocenters. The minimum absolute atomic E-state index is 0.137. The number of fused-ring (bicyclic) bond motifs is 1. The van der Waals surface area contributed by atoms with Gasteiger partial charge in [-0.15, -0.1) is 0 Å². The van der Waals surface area contributed by atoms with Crippen LogP contribution in [-0.4, -0.2) is 60.0 Å². The molecule has 1 atom stereocenters. The summed E-state index contributed by atoms with van der Waals surface area (Å²) in [6.45, 7) is 1.06. The lowest BCUT2D eigenvalue weighted by molar-refractivity contribution is 0.0382. The molecule has 5 heterocycles. The fourth-order valence-corrected chi connectivity index (χ4v) is 4.65. The van der Waals surface area contributed by atoms with Crippen molar-refractivity contribution < 1.29 is 14.6 Å². The van der Waals surface area contributed by atoms with E-state index < -0.39 is 0 Å². The lowest BCUT2D eigenvalue weighted by atomic mass is 10.1. The standard InChI is InChI=1S/C25H26ClN7O3/c1-31-24(5-7-29-31)30-23-9-19(20(26)10-28-23)17-8-22-25(35)33(18(15-36-2)12-32(22)11-17)13-21-16(14-34)4-3-6-27-21/h3-11,18,34H,12-15H2,1-2H3,(H,28,30). The van der Waals surface area contributed by atoms with E-state index in [-0.39, 0.29) is 25.1 Å². The van der Waals surface area contributed by atoms with Crippen LogP contribution in [0.1, 0.15) is 21.7 Å². The number of methoxy groups -OCH3 is 1. The molecule has 4 aromatic heterocycles. The van der Waals surface area contributed by atoms with Gasteiger partial charge in [-0.2, -0.15) is 5.10 Å². The Kier molecular flexibility index (Phi) is 6.73. The first-order valence-corrected chi connectivity index (χ1v) is 11.8. The number of ether oxygens (including phenoxy) is 1. The van der Waals surface area contributed by atoms with Crippen LogP contribution in [0.5, 0.6) is 0 Å². The van der Waals surface area contributed by atoms with Crippen molar-refractivity contribution in [1.82, 2.24) is 29.2 Å². The van der Waals surface area contributed by atoms with Crippen LogP contribution < -0.4 is 5.32 Å². The van der Waals surface area contributed by atoms with Gasteiger partial charge in [-0.05, 0) is 18.2 Å². The number of anilines is 2. The van der Waals surface area contributed by atoms with E-state index in [1.807, 2.05) is 42.1 Å². The number of nitrogens with one attached hydrogen (secondary N) is 1. The number of nitrogens with zero attached hydrogens (tertiary/aromatic N) is 6. The molecule has 0 aromatic carbocycles. The molecule has 2 N–H and O–H groups in total. The highest BCUT2D eigenvalue weighted by atomic mass is 35.5. The predicted octanol–water partition coefficient (Wildman–Crippen LogP) is 3.24. The van der Waals surface area contributed by atoms with Crippen LogP contribution in [0.3, 0.4) is 0 Å². The highest BCUT2D eigenvalue weighted by molar-refractivity contribution is 6.33. The van der Waals surface area contributed by atoms with Crippen LogP contribution in [0.2, 0.25) is 5.02 Å². The van der Waals surface area contributed by atoms with Gasteiger partial charge in [-0.3, -0.25) is 14.5 Å². The number of halogens is 1. The number of aryl methyl sites for hydroxylation is 1. The molecule has 4 aromatic rings. The zero-order chi connectivity index (χ0) is 25.2. The Morgan fingerprint density at radius 1 is 1.25 bits per heavy atom. The van der Waals surface area contributed by atoms with Gasteiger partial charge in [-0.25, -0.2) is 4.98 Å². The average molecular weight is 508 g/mol. The zero-order valence-corrected chi connectivity index (χ0v) is 20.7. The summed E-state index contributed by atoms with van der Waals surface area (Å²) < 4.78 is 9.08. The van der Waals surface area contributed by atoms with Crippen molar-refractivity contribution in [1.29, 1.82) is 0 Å². The Balaban J connectivity index is 1.47. The molecule has 0 fully saturated rings. The van der Waals surface area contributed by atoms with Crippen LogP contribution in [0.4, 0.5) is 11.6 Å². The number of amides is 1. The van der Waals surface area contributed by atoms with Crippen LogP contribution in [0.25, 0.3) is 11.1 Å². The maximum Gasteiger partial charge on any atom is 0.271 e. The SMILES string of the molecule is COCC1Cn2cc(-c3cc(Nc4ccnn4C)ncc3Cl)cc2C(=O)N1Cc1ncccc1CO. The van der Waals surface area contributed by atoms with E-state index in [0.29, 0.717) is 40.9 Å². The van der Waals surface area contributed by atoms with Crippen molar-refractivity contribution in [2.24, 2.45) is 7.05 Å². The molecule has 0 radical (unpaired) electrons. The van der Waals surface area contributed by atoms with Crippen molar-refractivity contribution in [2.75, 3.05) is 19.0 Å². The number of rotatable bonds is 8. The largest absolute Gasteiger partial charge is 0.392 e. The first-order valence-electron chi connectivity index (χ1n) is 11.4. The molecule has 11 heteroatoms. The predicted molar refractivity (Wildman–Crippen MR) is 135 cm³/mol. The van der Waals surface area contributed by atoms with Gasteiger partial charge in [-0.1, -0.05) is 17.7 Å². The maximum absolute atomic E-state index is 13.6. The Morgan fingerprint density at radius 2 is 2.11 bits per heavy atom. The summed E-state index contributed by atoms with van der Waals surface area (Å²) in [6.07, 6.45) is 6.88. The van der Waals surface area contributed by atoms with E-state index in [0.717, 1.165) is 16.9 Å². The molecule has 1 aliphatic heterocycles. The second-order valence-corrected chi connectivity index (χ2v) is 9.00. The maximum atomic E-state index is 13.6. The number of carbonyl (C=O) groups is 1. The summed E-state index contributed by atoms with van der Waals surface area (Å²) in [5.41, 5.74) is 3.48. The van der Waals surface area contributed by atoms with Crippen LogP contribution in [0.15, 0.2) is 55.1 Å². The second kappa shape index (κ2) is 10.1. The lowest BCUT2D eigenvalue weighted by Crippen LogP contribution is -2.49. The molecule has 1 aliphatic rings. The summed E-state index contributed by atoms with van der Waals surface area (Å²) in [7, 11) is 3.45. The highest BCUT2D eigenvalue weighted by Crippen LogP contribution is 2.33. The van der Waals surface area contributed by atoms with Gasteiger partial charge < -0.3 is 24.6 Å². The van der Waals surface area contributed by atoms with Crippen molar-refractivity contribution in [2.45, 2.75) is 25.7 Å². The summed E-state index contributed by atoms with van der Waals surface area (Å²) in [4.78, 5) is 24.2. The van der Waals surface area contributed by atoms with Gasteiger partial charge >= 0.3 is 0 Å². The smallest absolute Gasteiger partial charge is 0.271 e. The molecule has 5 rings (SSSR count). The molecular formula is C25H26ClN7O3. The number of aliphatic hydroxyl groups excluding tert-OH is 1. The second-order valence-electron chi connectivity index (χ2n) is 8.59. The molecule has 0 saturated heterocycles. The van der Waals surface area contributed by atoms with E-state index in [2.05, 4.69) is 20.4 Å². The minimum Gasteiger partial charge on any atom is -0.392 e. The van der Waals surface area contributed by atoms with Crippen molar-refractivity contribution in [3.8, 4) is 11.1 Å². The monoisotopic (exact) mass is 507 g/mol. The van der Waals surface area contributed by atoms with Gasteiger partial charge in [0.15, 0.2) is 0 Å². The minimum atomic E-state index is -0.196. The third-order valence-electron chi connectivity index (χ3n) is 6.30. The Hall–Kier alpha value is -3.73. The van der Waals surface area contributed by atoms with Gasteiger partial charge in [0.2, 0.25) is 0 Å². The molecule has 1 amide bonds. The number of aromatic nitrogens is 5. The number of carbonyl (C=O) groups excluding carboxylic acids is 1. The van der Waals surface area contributed by atoms with E-state index in [9.17, 15) is 9.90 Å². The third-order valence-corrected chi connectivity index (χ3v) is 6.60. The molecule has 10 nitrogen and oxygen atoms in total. The van der Waals surface area contributed by atoms with Gasteiger partial charge in [0, 0.05) is 62.0 Å². The number of hydrogen-bond acceptors (Lipinski definition) is 7. The Bertz CT molecular complexity index is 1400. The lowest BCUT2D eigenvalue weighted by Gasteiger charge is -2.36. The fraction of sp³-hybridized carbons (Fsp3) is 0.280. The van der Waals surface area contributed by atoms with Crippen molar-refractivity contribution >= 4 is 29.1 Å². The van der Waals surface area contributed by atoms with Gasteiger partial charge in [0.05, 0.1) is 42.7 Å². The molecule has 36 heavy (non-hydrogen) atoms. The third kappa shape index (κ3) is 4.58. The molecule has 0 spiro atoms. The number of hydrogen-bond donors (Lipinski definition) is 2. The molecular weight excluding hydrogens is 482 g/mol.